The molecule has 0 aromatic heterocycles. The predicted octanol–water partition coefficient (Wildman–Crippen LogP) is 11.9. The molecule has 0 spiro atoms. The number of nitro groups is 3. The monoisotopic (exact) mass is 2500 g/mol. The van der Waals surface area contributed by atoms with Crippen LogP contribution in [0.5, 0.6) is 0 Å². The van der Waals surface area contributed by atoms with Crippen LogP contribution in [-0.4, -0.2) is 218 Å². The van der Waals surface area contributed by atoms with Crippen molar-refractivity contribution in [3.05, 3.63) is 143 Å². The van der Waals surface area contributed by atoms with Gasteiger partial charge in [0.15, 0.2) is 5.78 Å². The summed E-state index contributed by atoms with van der Waals surface area (Å²) in [5.74, 6) is 0.213. The summed E-state index contributed by atoms with van der Waals surface area (Å²) in [7, 11) is -2.67. The summed E-state index contributed by atoms with van der Waals surface area (Å²) in [6.07, 6.45) is 7.67. The number of nitrogens with two attached hydrogens (primary N) is 4. The molecule has 126 heavy (non-hydrogen) atoms. The third kappa shape index (κ3) is 72.6. The zero-order valence-electron chi connectivity index (χ0n) is 72.4. The minimum absolute atomic E-state index is 0. The van der Waals surface area contributed by atoms with E-state index in [1.165, 1.54) is 56.7 Å². The Kier molecular flexibility index (Phi) is 128. The van der Waals surface area contributed by atoms with Gasteiger partial charge in [0.25, 0.3) is 11.4 Å². The average Bonchev–Trinajstić information content (AvgIpc) is 0.868. The van der Waals surface area contributed by atoms with Crippen LogP contribution < -0.4 is 27.1 Å². The fourth-order valence-electron chi connectivity index (χ4n) is 7.90. The van der Waals surface area contributed by atoms with E-state index in [9.17, 15) is 47.8 Å². The van der Waals surface area contributed by atoms with Crippen LogP contribution in [0.4, 0.5) is 22.7 Å². The molecule has 8 aliphatic heterocycles. The second-order valence-corrected chi connectivity index (χ2v) is 35.3. The number of ketones is 1. The molecule has 8 saturated heterocycles. The number of carbonyl (C=O) groups is 1. The summed E-state index contributed by atoms with van der Waals surface area (Å²) in [6.45, 7) is 34.3. The van der Waals surface area contributed by atoms with Gasteiger partial charge in [-0.15, -0.1) is 12.4 Å². The molecule has 0 aliphatic carbocycles. The number of nitrogen functional groups attached to an aromatic ring is 1. The molecule has 14 N–H and O–H groups in total. The second kappa shape index (κ2) is 95.8. The summed E-state index contributed by atoms with van der Waals surface area (Å²) in [6, 6.07) is 19.8. The van der Waals surface area contributed by atoms with Gasteiger partial charge < -0.3 is 80.6 Å². The normalized spacial score (nSPS) is 15.3. The quantitative estimate of drug-likeness (QED) is 0.0245. The standard InChI is InChI=1S/C13H17ClN2O4S.C9H9ClN2O3.C9H11ClN2O.C7H13NO2S.C6H3ClINO2.C4H11NOS.3C4H8O.C3H4O2.4C2H6O.CH4O.CH4.ClH.Ti.11V/c1-12(2,3)21(19)15-13(7-20-8-13)9-5-4-6-10(14)11(9)16(17)18;10-7-3-1-2-6(8(7)12(13)14)9(11)4-15-5-9;10-7-3-1-2-6(8(7)11)9(12)4-13-5-9;1-7(2,3)11(9)8-6-4-10-5-6;7-4-2-1-3-5(8)6(4)9(10)11;1-4(2,3)7(5)6;3*1-2-4-5-3-1;4-3-1-5-2-3;4*1-2-3;1-2;;;;;;;;;;;;;;/h4-6,15H,7-8H2,1-3H3;1-3H,4-5,11H2;1-3H,4-5,11-12H2;4-5H2,1-3H3;1-3H;5H2,1-3H3;3*1-4H2;1-2H2;4*3H,2H2,1H3;2H,1H3;1H4;1H;;;;;;;;;;;;. The number of Topliss-reactive ketones (excluding diaryl/α,β-unsaturated/α-hetero) is 1. The summed E-state index contributed by atoms with van der Waals surface area (Å²) in [5, 5.41) is 75.7. The number of hydrogen-bond donors (Lipinski definition) is 10. The third-order valence-electron chi connectivity index (χ3n) is 14.0. The molecule has 0 bridgehead atoms. The minimum atomic E-state index is -1.38. The molecule has 0 amide bonds. The van der Waals surface area contributed by atoms with Crippen LogP contribution in [0.1, 0.15) is 153 Å². The SMILES string of the molecule is C.C1CCOC1.C1CCOC1.C1CCOC1.CC(C)(C)S(=O)N=C1COC1.CC(C)(C)S(=O)NC1(c2cccc(Cl)c2[N+](=O)[O-])COC1.CC(C)(C)S(N)=O.CCO.CCO.CCO.CCO.CO.Cl.NC1(c2cccc(Cl)c2[N+](=O)[O-])COC1.Nc1c(Cl)cccc1C1(N)COC1.O=C1COC1.O=[N+]([O-])c1c(Cl)cccc1I.[Ti].[V].[V].[V].[V].[V].[V].[V].[V].[V].[V].[V]. The van der Waals surface area contributed by atoms with E-state index in [4.69, 9.17) is 127 Å². The molecule has 12 rings (SSSR count). The van der Waals surface area contributed by atoms with Crippen LogP contribution in [-0.2, 0) is 318 Å². The molecule has 11 radical (unpaired) electrons. The zero-order chi connectivity index (χ0) is 86.5. The smallest absolute Gasteiger partial charge is 0.301 e. The predicted molar refractivity (Wildman–Crippen MR) is 467 cm³/mol. The van der Waals surface area contributed by atoms with Crippen molar-refractivity contribution in [2.24, 2.45) is 21.0 Å². The average molecular weight is 2510 g/mol. The molecule has 3 atom stereocenters. The number of aliphatic hydroxyl groups is 5. The number of halogens is 6. The molecular weight excluding hydrogens is 2380 g/mol. The van der Waals surface area contributed by atoms with Gasteiger partial charge >= 0.3 is 5.69 Å². The number of para-hydroxylation sites is 4. The molecule has 8 fully saturated rings. The summed E-state index contributed by atoms with van der Waals surface area (Å²) < 4.78 is 80.1. The Balaban J connectivity index is -0.0000000696. The largest absolute Gasteiger partial charge is 0.400 e. The number of ether oxygens (including phenoxy) is 8. The fourth-order valence-corrected chi connectivity index (χ4v) is 11.2. The van der Waals surface area contributed by atoms with E-state index < -0.39 is 69.1 Å². The summed E-state index contributed by atoms with van der Waals surface area (Å²) in [4.78, 5) is 40.8. The number of carbonyl (C=O) groups excluding carboxylic acids is 1. The van der Waals surface area contributed by atoms with Gasteiger partial charge in [0, 0.05) is 305 Å². The fraction of sp³-hybridized carbons (Fsp3) is 0.644. The van der Waals surface area contributed by atoms with Crippen molar-refractivity contribution >= 4 is 149 Å². The van der Waals surface area contributed by atoms with Crippen LogP contribution in [0.15, 0.2) is 77.2 Å². The molecule has 8 aliphatic rings. The Morgan fingerprint density at radius 1 is 0.468 bits per heavy atom. The van der Waals surface area contributed by atoms with Crippen LogP contribution in [0.3, 0.4) is 0 Å². The van der Waals surface area contributed by atoms with E-state index in [1.807, 2.05) is 97.0 Å². The van der Waals surface area contributed by atoms with Crippen LogP contribution in [0.25, 0.3) is 0 Å². The second-order valence-electron chi connectivity index (χ2n) is 26.8. The van der Waals surface area contributed by atoms with Crippen molar-refractivity contribution < 1.29 is 321 Å². The van der Waals surface area contributed by atoms with Gasteiger partial charge in [0.05, 0.1) is 146 Å². The van der Waals surface area contributed by atoms with E-state index in [-0.39, 0.29) is 346 Å². The number of benzene rings is 4. The number of nitrogens with one attached hydrogen (secondary N) is 1. The number of nitrogens with zero attached hydrogens (tertiary/aromatic N) is 4. The van der Waals surface area contributed by atoms with E-state index in [2.05, 4.69) is 13.9 Å². The van der Waals surface area contributed by atoms with Crippen molar-refractivity contribution in [2.45, 2.75) is 167 Å². The van der Waals surface area contributed by atoms with Crippen LogP contribution in [0, 0.1) is 33.9 Å². The first-order valence-corrected chi connectivity index (χ1v) is 41.5. The molecule has 719 valence electrons. The number of rotatable bonds is 9. The van der Waals surface area contributed by atoms with E-state index in [1.54, 1.807) is 70.2 Å². The summed E-state index contributed by atoms with van der Waals surface area (Å²) in [5.41, 5.74) is 18.6. The number of aliphatic hydroxyl groups excluding tert-OH is 5. The van der Waals surface area contributed by atoms with Gasteiger partial charge in [-0.1, -0.05) is 84.2 Å². The minimum Gasteiger partial charge on any atom is -0.400 e. The van der Waals surface area contributed by atoms with Gasteiger partial charge in [-0.25, -0.2) is 17.3 Å². The number of anilines is 1. The molecule has 3 unspecified atom stereocenters. The maximum absolute atomic E-state index is 12.4. The van der Waals surface area contributed by atoms with Crippen LogP contribution in [0.2, 0.25) is 20.1 Å². The van der Waals surface area contributed by atoms with Gasteiger partial charge in [0.1, 0.15) is 44.8 Å². The first-order valence-electron chi connectivity index (χ1n) is 35.4. The van der Waals surface area contributed by atoms with Crippen molar-refractivity contribution in [1.29, 1.82) is 0 Å². The van der Waals surface area contributed by atoms with Gasteiger partial charge in [-0.3, -0.25) is 40.3 Å². The number of hydrogen-bond acceptors (Lipinski definition) is 26. The van der Waals surface area contributed by atoms with Crippen molar-refractivity contribution in [3.8, 4) is 0 Å². The molecule has 4 aromatic rings. The van der Waals surface area contributed by atoms with Crippen LogP contribution >= 0.6 is 81.4 Å². The van der Waals surface area contributed by atoms with Crippen molar-refractivity contribution in [1.82, 2.24) is 4.72 Å². The van der Waals surface area contributed by atoms with E-state index in [0.29, 0.717) is 65.0 Å². The Hall–Kier alpha value is 3.31. The Bertz CT molecular complexity index is 3410. The molecule has 8 heterocycles. The van der Waals surface area contributed by atoms with Gasteiger partial charge in [0.2, 0.25) is 0 Å². The molecular formula is C73H125Cl5IN9O23S3TiV11. The Morgan fingerprint density at radius 3 is 0.937 bits per heavy atom. The maximum atomic E-state index is 12.4. The van der Waals surface area contributed by atoms with Crippen molar-refractivity contribution in [2.75, 3.05) is 145 Å². The maximum Gasteiger partial charge on any atom is 0.301 e. The molecule has 0 saturated carbocycles. The van der Waals surface area contributed by atoms with Crippen molar-refractivity contribution in [3.63, 3.8) is 0 Å². The van der Waals surface area contributed by atoms with Gasteiger partial charge in [-0.2, -0.15) is 4.40 Å². The topological polar surface area (TPSA) is 501 Å². The van der Waals surface area contributed by atoms with Gasteiger partial charge in [-0.05, 0) is 194 Å². The first-order chi connectivity index (χ1) is 52.5. The number of nitro benzene ring substituents is 3. The summed E-state index contributed by atoms with van der Waals surface area (Å²) >= 11 is 25.1. The zero-order valence-corrected chi connectivity index (χ0v) is 97.8. The van der Waals surface area contributed by atoms with E-state index >= 15 is 0 Å². The Morgan fingerprint density at radius 2 is 0.730 bits per heavy atom. The third-order valence-corrected chi connectivity index (χ3v) is 20.4. The molecule has 32 nitrogen and oxygen atoms in total. The Labute approximate surface area is 939 Å². The van der Waals surface area contributed by atoms with E-state index in [0.717, 1.165) is 58.0 Å². The molecule has 4 aromatic carbocycles. The molecule has 53 heteroatoms. The first kappa shape index (κ1) is 169.